The van der Waals surface area contributed by atoms with Crippen LogP contribution in [0.5, 0.6) is 5.75 Å². The first-order chi connectivity index (χ1) is 9.87. The molecule has 2 N–H and O–H groups in total. The third-order valence-corrected chi connectivity index (χ3v) is 3.75. The molecule has 21 heavy (non-hydrogen) atoms. The topological polar surface area (TPSA) is 75.6 Å². The third-order valence-electron chi connectivity index (χ3n) is 3.22. The zero-order chi connectivity index (χ0) is 15.9. The van der Waals surface area contributed by atoms with Gasteiger partial charge in [-0.25, -0.2) is 4.79 Å². The van der Waals surface area contributed by atoms with E-state index in [2.05, 4.69) is 21.2 Å². The summed E-state index contributed by atoms with van der Waals surface area (Å²) in [5.41, 5.74) is -1.20. The molecule has 1 aromatic rings. The molecule has 1 amide bonds. The van der Waals surface area contributed by atoms with Crippen LogP contribution >= 0.6 is 15.9 Å². The van der Waals surface area contributed by atoms with E-state index in [1.165, 1.54) is 6.92 Å². The maximum absolute atomic E-state index is 11.7. The van der Waals surface area contributed by atoms with Crippen molar-refractivity contribution in [1.29, 1.82) is 0 Å². The van der Waals surface area contributed by atoms with E-state index < -0.39 is 11.5 Å². The molecular formula is C15H20BrNO4. The highest BCUT2D eigenvalue weighted by Crippen LogP contribution is 2.16. The van der Waals surface area contributed by atoms with Crippen molar-refractivity contribution in [2.45, 2.75) is 38.6 Å². The van der Waals surface area contributed by atoms with E-state index in [1.807, 2.05) is 24.3 Å². The van der Waals surface area contributed by atoms with Crippen molar-refractivity contribution < 1.29 is 19.4 Å². The highest BCUT2D eigenvalue weighted by Gasteiger charge is 2.32. The van der Waals surface area contributed by atoms with Gasteiger partial charge in [-0.1, -0.05) is 22.9 Å². The van der Waals surface area contributed by atoms with Crippen molar-refractivity contribution in [1.82, 2.24) is 5.32 Å². The summed E-state index contributed by atoms with van der Waals surface area (Å²) < 4.78 is 6.47. The van der Waals surface area contributed by atoms with Crippen molar-refractivity contribution in [2.24, 2.45) is 0 Å². The fraction of sp³-hybridized carbons (Fsp3) is 0.467. The Balaban J connectivity index is 2.30. The predicted molar refractivity (Wildman–Crippen MR) is 83.3 cm³/mol. The molecule has 0 saturated heterocycles. The van der Waals surface area contributed by atoms with Gasteiger partial charge in [-0.05, 0) is 44.0 Å². The van der Waals surface area contributed by atoms with Gasteiger partial charge in [0, 0.05) is 10.9 Å². The molecule has 1 aromatic carbocycles. The number of aliphatic carboxylic acids is 1. The Hall–Kier alpha value is -1.56. The van der Waals surface area contributed by atoms with Gasteiger partial charge in [-0.3, -0.25) is 4.79 Å². The summed E-state index contributed by atoms with van der Waals surface area (Å²) in [4.78, 5) is 22.8. The molecule has 0 aromatic heterocycles. The molecule has 0 bridgehead atoms. The number of amides is 1. The number of hydrogen-bond donors (Lipinski definition) is 2. The number of benzene rings is 1. The van der Waals surface area contributed by atoms with Crippen LogP contribution in [0, 0.1) is 0 Å². The minimum Gasteiger partial charge on any atom is -0.494 e. The lowest BCUT2D eigenvalue weighted by Crippen LogP contribution is -2.51. The summed E-state index contributed by atoms with van der Waals surface area (Å²) in [6.07, 6.45) is 1.10. The maximum atomic E-state index is 11.7. The standard InChI is InChI=1S/C15H20BrNO4/c1-3-15(2,14(19)20)17-13(18)5-4-10-21-12-8-6-11(16)7-9-12/h6-9H,3-5,10H2,1-2H3,(H,17,18)(H,19,20). The first-order valence-electron chi connectivity index (χ1n) is 6.80. The van der Waals surface area contributed by atoms with Crippen LogP contribution in [0.4, 0.5) is 0 Å². The fourth-order valence-electron chi connectivity index (χ4n) is 1.62. The van der Waals surface area contributed by atoms with Gasteiger partial charge in [0.25, 0.3) is 0 Å². The first-order valence-corrected chi connectivity index (χ1v) is 7.59. The van der Waals surface area contributed by atoms with E-state index in [9.17, 15) is 9.59 Å². The number of ether oxygens (including phenoxy) is 1. The van der Waals surface area contributed by atoms with Gasteiger partial charge in [-0.15, -0.1) is 0 Å². The van der Waals surface area contributed by atoms with Gasteiger partial charge in [-0.2, -0.15) is 0 Å². The van der Waals surface area contributed by atoms with Gasteiger partial charge in [0.15, 0.2) is 0 Å². The first kappa shape index (κ1) is 17.5. The number of carboxylic acids is 1. The predicted octanol–water partition coefficient (Wildman–Crippen LogP) is 2.98. The highest BCUT2D eigenvalue weighted by molar-refractivity contribution is 9.10. The normalized spacial score (nSPS) is 13.3. The molecule has 0 aliphatic rings. The average molecular weight is 358 g/mol. The second-order valence-corrected chi connectivity index (χ2v) is 5.86. The largest absolute Gasteiger partial charge is 0.494 e. The molecule has 0 radical (unpaired) electrons. The number of halogens is 1. The summed E-state index contributed by atoms with van der Waals surface area (Å²) in [5, 5.41) is 11.6. The summed E-state index contributed by atoms with van der Waals surface area (Å²) in [7, 11) is 0. The lowest BCUT2D eigenvalue weighted by molar-refractivity contribution is -0.147. The van der Waals surface area contributed by atoms with Crippen LogP contribution in [-0.4, -0.2) is 29.1 Å². The monoisotopic (exact) mass is 357 g/mol. The minimum atomic E-state index is -1.20. The molecule has 5 nitrogen and oxygen atoms in total. The molecule has 1 atom stereocenters. The number of carbonyl (C=O) groups excluding carboxylic acids is 1. The van der Waals surface area contributed by atoms with Crippen molar-refractivity contribution >= 4 is 27.8 Å². The van der Waals surface area contributed by atoms with Gasteiger partial charge in [0.2, 0.25) is 5.91 Å². The van der Waals surface area contributed by atoms with Crippen LogP contribution < -0.4 is 10.1 Å². The van der Waals surface area contributed by atoms with E-state index in [0.717, 1.165) is 10.2 Å². The lowest BCUT2D eigenvalue weighted by Gasteiger charge is -2.24. The summed E-state index contributed by atoms with van der Waals surface area (Å²) in [6.45, 7) is 3.64. The molecule has 0 heterocycles. The van der Waals surface area contributed by atoms with E-state index in [0.29, 0.717) is 19.4 Å². The Morgan fingerprint density at radius 1 is 1.33 bits per heavy atom. The summed E-state index contributed by atoms with van der Waals surface area (Å²) >= 11 is 3.34. The Labute approximate surface area is 132 Å². The summed E-state index contributed by atoms with van der Waals surface area (Å²) in [5.74, 6) is -0.562. The van der Waals surface area contributed by atoms with Crippen molar-refractivity contribution in [3.8, 4) is 5.75 Å². The number of nitrogens with one attached hydrogen (secondary N) is 1. The molecule has 0 aliphatic heterocycles. The van der Waals surface area contributed by atoms with Crippen LogP contribution in [0.2, 0.25) is 0 Å². The van der Waals surface area contributed by atoms with Crippen LogP contribution in [-0.2, 0) is 9.59 Å². The molecule has 6 heteroatoms. The molecule has 1 unspecified atom stereocenters. The van der Waals surface area contributed by atoms with Crippen LogP contribution in [0.1, 0.15) is 33.1 Å². The molecule has 0 saturated carbocycles. The van der Waals surface area contributed by atoms with Crippen LogP contribution in [0.3, 0.4) is 0 Å². The maximum Gasteiger partial charge on any atom is 0.329 e. The van der Waals surface area contributed by atoms with E-state index in [-0.39, 0.29) is 12.3 Å². The van der Waals surface area contributed by atoms with Crippen LogP contribution in [0.25, 0.3) is 0 Å². The molecule has 0 fully saturated rings. The zero-order valence-corrected chi connectivity index (χ0v) is 13.8. The molecular weight excluding hydrogens is 338 g/mol. The second kappa shape index (κ2) is 8.02. The second-order valence-electron chi connectivity index (χ2n) is 4.94. The molecule has 116 valence electrons. The van der Waals surface area contributed by atoms with Crippen molar-refractivity contribution in [3.63, 3.8) is 0 Å². The molecule has 0 aliphatic carbocycles. The average Bonchev–Trinajstić information content (AvgIpc) is 2.45. The van der Waals surface area contributed by atoms with Gasteiger partial charge >= 0.3 is 5.97 Å². The quantitative estimate of drug-likeness (QED) is 0.701. The molecule has 0 spiro atoms. The Bertz CT molecular complexity index is 489. The number of rotatable bonds is 8. The van der Waals surface area contributed by atoms with Crippen molar-refractivity contribution in [3.05, 3.63) is 28.7 Å². The zero-order valence-electron chi connectivity index (χ0n) is 12.2. The SMILES string of the molecule is CCC(C)(NC(=O)CCCOc1ccc(Br)cc1)C(=O)O. The number of carbonyl (C=O) groups is 2. The van der Waals surface area contributed by atoms with Crippen LogP contribution in [0.15, 0.2) is 28.7 Å². The highest BCUT2D eigenvalue weighted by atomic mass is 79.9. The van der Waals surface area contributed by atoms with Gasteiger partial charge in [0.1, 0.15) is 11.3 Å². The van der Waals surface area contributed by atoms with E-state index in [1.54, 1.807) is 6.92 Å². The Morgan fingerprint density at radius 3 is 2.48 bits per heavy atom. The smallest absolute Gasteiger partial charge is 0.329 e. The fourth-order valence-corrected chi connectivity index (χ4v) is 1.88. The van der Waals surface area contributed by atoms with E-state index >= 15 is 0 Å². The Kier molecular flexibility index (Phi) is 6.68. The van der Waals surface area contributed by atoms with Crippen molar-refractivity contribution in [2.75, 3.05) is 6.61 Å². The minimum absolute atomic E-state index is 0.236. The molecule has 1 rings (SSSR count). The summed E-state index contributed by atoms with van der Waals surface area (Å²) in [6, 6.07) is 7.43. The third kappa shape index (κ3) is 5.75. The van der Waals surface area contributed by atoms with Gasteiger partial charge in [0.05, 0.1) is 6.61 Å². The number of carboxylic acid groups (broad SMARTS) is 1. The Morgan fingerprint density at radius 2 is 1.95 bits per heavy atom. The van der Waals surface area contributed by atoms with Gasteiger partial charge < -0.3 is 15.2 Å². The van der Waals surface area contributed by atoms with E-state index in [4.69, 9.17) is 9.84 Å². The lowest BCUT2D eigenvalue weighted by atomic mass is 9.99. The number of hydrogen-bond acceptors (Lipinski definition) is 3.